The molecule has 0 unspecified atom stereocenters. The Morgan fingerprint density at radius 2 is 1.83 bits per heavy atom. The van der Waals surface area contributed by atoms with Crippen LogP contribution in [-0.2, 0) is 27.4 Å². The molecule has 10 heteroatoms. The third kappa shape index (κ3) is 5.21. The molecule has 0 radical (unpaired) electrons. The Bertz CT molecular complexity index is 1140. The van der Waals surface area contributed by atoms with Gasteiger partial charge in [-0.25, -0.2) is 18.1 Å². The SMILES string of the molecule is Cc1cccc(-c2nc(CC(=O)NS(=O)(=O)c3ccc(C(F)(F)F)cc3)cs2)c1. The van der Waals surface area contributed by atoms with Crippen molar-refractivity contribution in [3.63, 3.8) is 0 Å². The zero-order valence-corrected chi connectivity index (χ0v) is 16.7. The van der Waals surface area contributed by atoms with Crippen LogP contribution in [0.4, 0.5) is 13.2 Å². The highest BCUT2D eigenvalue weighted by Crippen LogP contribution is 2.29. The lowest BCUT2D eigenvalue weighted by atomic mass is 10.1. The third-order valence-electron chi connectivity index (χ3n) is 3.90. The molecule has 2 aromatic carbocycles. The van der Waals surface area contributed by atoms with Crippen LogP contribution in [0.5, 0.6) is 0 Å². The average molecular weight is 440 g/mol. The lowest BCUT2D eigenvalue weighted by Gasteiger charge is -2.09. The molecular formula is C19H15F3N2O3S2. The fourth-order valence-electron chi connectivity index (χ4n) is 2.53. The summed E-state index contributed by atoms with van der Waals surface area (Å²) in [5.41, 5.74) is 1.36. The number of thiazole rings is 1. The number of benzene rings is 2. The highest BCUT2D eigenvalue weighted by Gasteiger charge is 2.30. The van der Waals surface area contributed by atoms with Gasteiger partial charge in [0.25, 0.3) is 10.0 Å². The van der Waals surface area contributed by atoms with Gasteiger partial charge in [-0.3, -0.25) is 4.79 Å². The molecule has 1 heterocycles. The maximum absolute atomic E-state index is 12.6. The normalized spacial score (nSPS) is 12.0. The number of rotatable bonds is 5. The number of carbonyl (C=O) groups excluding carboxylic acids is 1. The molecule has 3 aromatic rings. The third-order valence-corrected chi connectivity index (χ3v) is 6.23. The molecule has 3 rings (SSSR count). The van der Waals surface area contributed by atoms with E-state index in [-0.39, 0.29) is 6.42 Å². The van der Waals surface area contributed by atoms with Gasteiger partial charge in [-0.2, -0.15) is 13.2 Å². The quantitative estimate of drug-likeness (QED) is 0.646. The highest BCUT2D eigenvalue weighted by atomic mass is 32.2. The monoisotopic (exact) mass is 440 g/mol. The van der Waals surface area contributed by atoms with Crippen molar-refractivity contribution in [2.24, 2.45) is 0 Å². The predicted molar refractivity (Wildman–Crippen MR) is 103 cm³/mol. The van der Waals surface area contributed by atoms with Crippen LogP contribution in [-0.4, -0.2) is 19.3 Å². The lowest BCUT2D eigenvalue weighted by molar-refractivity contribution is -0.137. The smallest absolute Gasteiger partial charge is 0.274 e. The maximum atomic E-state index is 12.6. The van der Waals surface area contributed by atoms with Crippen LogP contribution >= 0.6 is 11.3 Å². The second-order valence-electron chi connectivity index (χ2n) is 6.24. The van der Waals surface area contributed by atoms with Gasteiger partial charge in [0.05, 0.1) is 22.6 Å². The Kier molecular flexibility index (Phi) is 5.76. The van der Waals surface area contributed by atoms with E-state index in [1.165, 1.54) is 11.3 Å². The molecule has 1 N–H and O–H groups in total. The van der Waals surface area contributed by atoms with Crippen molar-refractivity contribution in [2.45, 2.75) is 24.4 Å². The first-order valence-corrected chi connectivity index (χ1v) is 10.7. The Balaban J connectivity index is 1.69. The van der Waals surface area contributed by atoms with Crippen LogP contribution in [0, 0.1) is 6.92 Å². The van der Waals surface area contributed by atoms with Gasteiger partial charge in [-0.15, -0.1) is 11.3 Å². The van der Waals surface area contributed by atoms with Crippen molar-refractivity contribution in [1.82, 2.24) is 9.71 Å². The van der Waals surface area contributed by atoms with E-state index in [2.05, 4.69) is 4.98 Å². The summed E-state index contributed by atoms with van der Waals surface area (Å²) >= 11 is 1.32. The molecule has 0 aliphatic heterocycles. The number of alkyl halides is 3. The van der Waals surface area contributed by atoms with E-state index in [0.717, 1.165) is 23.3 Å². The zero-order chi connectivity index (χ0) is 21.2. The first-order valence-electron chi connectivity index (χ1n) is 8.29. The number of hydrogen-bond donors (Lipinski definition) is 1. The molecule has 5 nitrogen and oxygen atoms in total. The molecule has 0 aliphatic rings. The highest BCUT2D eigenvalue weighted by molar-refractivity contribution is 7.90. The molecule has 1 amide bonds. The minimum Gasteiger partial charge on any atom is -0.274 e. The fraction of sp³-hybridized carbons (Fsp3) is 0.158. The summed E-state index contributed by atoms with van der Waals surface area (Å²) in [5, 5.41) is 2.35. The molecule has 0 spiro atoms. The number of nitrogens with one attached hydrogen (secondary N) is 1. The summed E-state index contributed by atoms with van der Waals surface area (Å²) < 4.78 is 64.1. The van der Waals surface area contributed by atoms with Crippen LogP contribution in [0.3, 0.4) is 0 Å². The second kappa shape index (κ2) is 7.96. The molecule has 0 aliphatic carbocycles. The number of hydrogen-bond acceptors (Lipinski definition) is 5. The van der Waals surface area contributed by atoms with Gasteiger partial charge in [0.1, 0.15) is 5.01 Å². The van der Waals surface area contributed by atoms with Gasteiger partial charge in [-0.05, 0) is 37.3 Å². The van der Waals surface area contributed by atoms with Gasteiger partial charge in [-0.1, -0.05) is 23.8 Å². The molecular weight excluding hydrogens is 425 g/mol. The minimum absolute atomic E-state index is 0.276. The average Bonchev–Trinajstić information content (AvgIpc) is 3.09. The van der Waals surface area contributed by atoms with E-state index >= 15 is 0 Å². The van der Waals surface area contributed by atoms with Gasteiger partial charge in [0, 0.05) is 10.9 Å². The predicted octanol–water partition coefficient (Wildman–Crippen LogP) is 4.18. The lowest BCUT2D eigenvalue weighted by Crippen LogP contribution is -2.31. The molecule has 0 atom stereocenters. The van der Waals surface area contributed by atoms with E-state index in [4.69, 9.17) is 0 Å². The molecule has 0 saturated carbocycles. The van der Waals surface area contributed by atoms with Crippen molar-refractivity contribution >= 4 is 27.3 Å². The number of halogens is 3. The Labute approximate surface area is 169 Å². The number of carbonyl (C=O) groups is 1. The number of aromatic nitrogens is 1. The summed E-state index contributed by atoms with van der Waals surface area (Å²) in [7, 11) is -4.28. The number of nitrogens with zero attached hydrogens (tertiary/aromatic N) is 1. The van der Waals surface area contributed by atoms with Crippen molar-refractivity contribution < 1.29 is 26.4 Å². The summed E-state index contributed by atoms with van der Waals surface area (Å²) in [6.07, 6.45) is -4.85. The molecule has 1 aromatic heterocycles. The standard InChI is InChI=1S/C19H15F3N2O3S2/c1-12-3-2-4-13(9-12)18-23-15(11-28-18)10-17(25)24-29(26,27)16-7-5-14(6-8-16)19(20,21)22/h2-9,11H,10H2,1H3,(H,24,25). The Morgan fingerprint density at radius 1 is 1.14 bits per heavy atom. The van der Waals surface area contributed by atoms with Gasteiger partial charge >= 0.3 is 6.18 Å². The van der Waals surface area contributed by atoms with E-state index in [0.29, 0.717) is 22.8 Å². The van der Waals surface area contributed by atoms with E-state index in [1.54, 1.807) is 5.38 Å². The molecule has 152 valence electrons. The topological polar surface area (TPSA) is 76.1 Å². The molecule has 0 saturated heterocycles. The van der Waals surface area contributed by atoms with E-state index in [1.807, 2.05) is 35.9 Å². The van der Waals surface area contributed by atoms with Crippen molar-refractivity contribution in [3.8, 4) is 10.6 Å². The van der Waals surface area contributed by atoms with Crippen LogP contribution in [0.2, 0.25) is 0 Å². The van der Waals surface area contributed by atoms with Gasteiger partial charge in [0.2, 0.25) is 5.91 Å². The van der Waals surface area contributed by atoms with E-state index < -0.39 is 32.6 Å². The van der Waals surface area contributed by atoms with Crippen LogP contribution in [0.25, 0.3) is 10.6 Å². The first-order chi connectivity index (χ1) is 13.5. The molecule has 0 fully saturated rings. The van der Waals surface area contributed by atoms with Crippen molar-refractivity contribution in [1.29, 1.82) is 0 Å². The second-order valence-corrected chi connectivity index (χ2v) is 8.78. The Morgan fingerprint density at radius 3 is 2.45 bits per heavy atom. The number of amides is 1. The maximum Gasteiger partial charge on any atom is 0.416 e. The first kappa shape index (κ1) is 21.0. The number of aryl methyl sites for hydroxylation is 1. The molecule has 29 heavy (non-hydrogen) atoms. The zero-order valence-electron chi connectivity index (χ0n) is 15.0. The molecule has 0 bridgehead atoms. The summed E-state index contributed by atoms with van der Waals surface area (Å²) in [4.78, 5) is 16.0. The summed E-state index contributed by atoms with van der Waals surface area (Å²) in [6, 6.07) is 10.5. The Hall–Kier alpha value is -2.72. The van der Waals surface area contributed by atoms with Crippen molar-refractivity contribution in [3.05, 3.63) is 70.7 Å². The van der Waals surface area contributed by atoms with Crippen LogP contribution in [0.1, 0.15) is 16.8 Å². The van der Waals surface area contributed by atoms with Crippen molar-refractivity contribution in [2.75, 3.05) is 0 Å². The number of sulfonamides is 1. The fourth-order valence-corrected chi connectivity index (χ4v) is 4.33. The van der Waals surface area contributed by atoms with Gasteiger partial charge in [0.15, 0.2) is 0 Å². The summed E-state index contributed by atoms with van der Waals surface area (Å²) in [6.45, 7) is 1.94. The van der Waals surface area contributed by atoms with Crippen LogP contribution < -0.4 is 4.72 Å². The minimum atomic E-state index is -4.58. The largest absolute Gasteiger partial charge is 0.416 e. The summed E-state index contributed by atoms with van der Waals surface area (Å²) in [5.74, 6) is -0.828. The van der Waals surface area contributed by atoms with Crippen LogP contribution in [0.15, 0.2) is 58.8 Å². The van der Waals surface area contributed by atoms with E-state index in [9.17, 15) is 26.4 Å². The van der Waals surface area contributed by atoms with Gasteiger partial charge < -0.3 is 0 Å².